The summed E-state index contributed by atoms with van der Waals surface area (Å²) >= 11 is 12.0. The first kappa shape index (κ1) is 14.6. The van der Waals surface area contributed by atoms with Gasteiger partial charge in [-0.05, 0) is 25.0 Å². The number of hydrogen-bond donors (Lipinski definition) is 2. The minimum absolute atomic E-state index is 0.0522. The molecule has 2 N–H and O–H groups in total. The number of carbonyl (C=O) groups is 1. The Morgan fingerprint density at radius 3 is 2.53 bits per heavy atom. The molecule has 0 aromatic heterocycles. The van der Waals surface area contributed by atoms with Crippen LogP contribution in [0.25, 0.3) is 0 Å². The van der Waals surface area contributed by atoms with E-state index in [9.17, 15) is 4.79 Å². The maximum Gasteiger partial charge on any atom is 0.238 e. The van der Waals surface area contributed by atoms with Crippen LogP contribution >= 0.6 is 23.2 Å². The Balaban J connectivity index is 1.96. The summed E-state index contributed by atoms with van der Waals surface area (Å²) in [5.41, 5.74) is 0.440. The Hall–Kier alpha value is -0.810. The number of aliphatic hydroxyl groups excluding tert-OH is 1. The lowest BCUT2D eigenvalue weighted by atomic mass is 10.3. The van der Waals surface area contributed by atoms with E-state index in [1.165, 1.54) is 0 Å². The molecule has 0 bridgehead atoms. The van der Waals surface area contributed by atoms with E-state index in [2.05, 4.69) is 5.32 Å². The van der Waals surface area contributed by atoms with Crippen LogP contribution in [0.5, 0.6) is 0 Å². The highest BCUT2D eigenvalue weighted by Gasteiger charge is 2.29. The van der Waals surface area contributed by atoms with Crippen molar-refractivity contribution in [3.05, 3.63) is 28.2 Å². The van der Waals surface area contributed by atoms with E-state index in [1.807, 2.05) is 4.90 Å². The summed E-state index contributed by atoms with van der Waals surface area (Å²) in [6.07, 6.45) is 2.17. The van der Waals surface area contributed by atoms with Gasteiger partial charge in [0.15, 0.2) is 0 Å². The van der Waals surface area contributed by atoms with Crippen molar-refractivity contribution in [1.82, 2.24) is 4.90 Å². The molecule has 19 heavy (non-hydrogen) atoms. The number of hydrogen-bond acceptors (Lipinski definition) is 3. The van der Waals surface area contributed by atoms with E-state index in [1.54, 1.807) is 18.2 Å². The minimum atomic E-state index is -0.171. The van der Waals surface area contributed by atoms with E-state index in [0.29, 0.717) is 28.3 Å². The third kappa shape index (κ3) is 4.08. The number of carbonyl (C=O) groups excluding carboxylic acids is 1. The van der Waals surface area contributed by atoms with Crippen molar-refractivity contribution in [1.29, 1.82) is 0 Å². The summed E-state index contributed by atoms with van der Waals surface area (Å²) in [7, 11) is 0. The zero-order chi connectivity index (χ0) is 13.8. The van der Waals surface area contributed by atoms with Gasteiger partial charge >= 0.3 is 0 Å². The molecule has 2 rings (SSSR count). The molecular formula is C13H16Cl2N2O2. The van der Waals surface area contributed by atoms with Crippen LogP contribution in [0.2, 0.25) is 10.0 Å². The van der Waals surface area contributed by atoms with E-state index >= 15 is 0 Å². The van der Waals surface area contributed by atoms with Gasteiger partial charge in [-0.3, -0.25) is 9.69 Å². The Labute approximate surface area is 122 Å². The van der Waals surface area contributed by atoms with Crippen LogP contribution in [0.4, 0.5) is 5.69 Å². The van der Waals surface area contributed by atoms with Gasteiger partial charge in [0.25, 0.3) is 0 Å². The van der Waals surface area contributed by atoms with Crippen LogP contribution in [-0.2, 0) is 4.79 Å². The van der Waals surface area contributed by atoms with Crippen LogP contribution in [0.1, 0.15) is 12.8 Å². The summed E-state index contributed by atoms with van der Waals surface area (Å²) < 4.78 is 0. The second-order valence-electron chi connectivity index (χ2n) is 4.57. The third-order valence-corrected chi connectivity index (χ3v) is 3.65. The summed E-state index contributed by atoms with van der Waals surface area (Å²) in [5.74, 6) is -0.171. The molecule has 0 heterocycles. The van der Waals surface area contributed by atoms with Crippen LogP contribution in [-0.4, -0.2) is 41.7 Å². The molecule has 1 fully saturated rings. The lowest BCUT2D eigenvalue weighted by Gasteiger charge is -2.20. The molecule has 1 aromatic carbocycles. The number of aliphatic hydroxyl groups is 1. The minimum Gasteiger partial charge on any atom is -0.395 e. The number of amides is 1. The van der Waals surface area contributed by atoms with E-state index < -0.39 is 0 Å². The zero-order valence-corrected chi connectivity index (χ0v) is 11.9. The molecule has 1 aliphatic carbocycles. The topological polar surface area (TPSA) is 52.6 Å². The van der Waals surface area contributed by atoms with Gasteiger partial charge in [0.2, 0.25) is 5.91 Å². The maximum atomic E-state index is 12.0. The van der Waals surface area contributed by atoms with Crippen molar-refractivity contribution >= 4 is 34.8 Å². The first-order chi connectivity index (χ1) is 9.11. The van der Waals surface area contributed by atoms with Crippen molar-refractivity contribution in [3.63, 3.8) is 0 Å². The SMILES string of the molecule is O=C(CN(CCO)C1CC1)Nc1c(Cl)cccc1Cl. The fourth-order valence-corrected chi connectivity index (χ4v) is 2.43. The number of nitrogens with zero attached hydrogens (tertiary/aromatic N) is 1. The lowest BCUT2D eigenvalue weighted by molar-refractivity contribution is -0.117. The standard InChI is InChI=1S/C13H16Cl2N2O2/c14-10-2-1-3-11(15)13(10)16-12(19)8-17(6-7-18)9-4-5-9/h1-3,9,18H,4-8H2,(H,16,19). The Bertz CT molecular complexity index is 444. The van der Waals surface area contributed by atoms with Crippen LogP contribution in [0, 0.1) is 0 Å². The van der Waals surface area contributed by atoms with Crippen LogP contribution in [0.3, 0.4) is 0 Å². The van der Waals surface area contributed by atoms with Crippen molar-refractivity contribution in [2.45, 2.75) is 18.9 Å². The monoisotopic (exact) mass is 302 g/mol. The number of halogens is 2. The lowest BCUT2D eigenvalue weighted by Crippen LogP contribution is -2.36. The molecular weight excluding hydrogens is 287 g/mol. The smallest absolute Gasteiger partial charge is 0.238 e. The fraction of sp³-hybridized carbons (Fsp3) is 0.462. The van der Waals surface area contributed by atoms with E-state index in [4.69, 9.17) is 28.3 Å². The third-order valence-electron chi connectivity index (χ3n) is 3.02. The van der Waals surface area contributed by atoms with Gasteiger partial charge in [-0.1, -0.05) is 29.3 Å². The molecule has 6 heteroatoms. The highest BCUT2D eigenvalue weighted by molar-refractivity contribution is 6.39. The normalized spacial score (nSPS) is 14.7. The number of anilines is 1. The van der Waals surface area contributed by atoms with Gasteiger partial charge < -0.3 is 10.4 Å². The number of nitrogens with one attached hydrogen (secondary N) is 1. The second-order valence-corrected chi connectivity index (χ2v) is 5.38. The van der Waals surface area contributed by atoms with Crippen molar-refractivity contribution in [3.8, 4) is 0 Å². The molecule has 0 radical (unpaired) electrons. The molecule has 1 aromatic rings. The Kier molecular flexibility index (Phi) is 5.05. The number of benzene rings is 1. The van der Waals surface area contributed by atoms with Crippen molar-refractivity contribution < 1.29 is 9.90 Å². The molecule has 0 aliphatic heterocycles. The van der Waals surface area contributed by atoms with Crippen LogP contribution in [0.15, 0.2) is 18.2 Å². The van der Waals surface area contributed by atoms with Crippen molar-refractivity contribution in [2.24, 2.45) is 0 Å². The Morgan fingerprint density at radius 1 is 1.37 bits per heavy atom. The highest BCUT2D eigenvalue weighted by Crippen LogP contribution is 2.30. The summed E-state index contributed by atoms with van der Waals surface area (Å²) in [6, 6.07) is 5.49. The van der Waals surface area contributed by atoms with Gasteiger partial charge in [0.1, 0.15) is 0 Å². The van der Waals surface area contributed by atoms with Crippen molar-refractivity contribution in [2.75, 3.05) is 25.0 Å². The number of para-hydroxylation sites is 1. The molecule has 4 nitrogen and oxygen atoms in total. The molecule has 1 aliphatic rings. The summed E-state index contributed by atoms with van der Waals surface area (Å²) in [5, 5.41) is 12.5. The molecule has 0 saturated heterocycles. The maximum absolute atomic E-state index is 12.0. The van der Waals surface area contributed by atoms with Crippen LogP contribution < -0.4 is 5.32 Å². The van der Waals surface area contributed by atoms with Gasteiger partial charge in [0, 0.05) is 12.6 Å². The zero-order valence-electron chi connectivity index (χ0n) is 10.4. The van der Waals surface area contributed by atoms with Gasteiger partial charge in [-0.2, -0.15) is 0 Å². The molecule has 0 unspecified atom stereocenters. The number of rotatable bonds is 6. The molecule has 0 atom stereocenters. The van der Waals surface area contributed by atoms with E-state index in [0.717, 1.165) is 12.8 Å². The second kappa shape index (κ2) is 6.57. The summed E-state index contributed by atoms with van der Waals surface area (Å²) in [6.45, 7) is 0.803. The van der Waals surface area contributed by atoms with Gasteiger partial charge in [-0.25, -0.2) is 0 Å². The first-order valence-corrected chi connectivity index (χ1v) is 6.96. The molecule has 1 saturated carbocycles. The predicted molar refractivity (Wildman–Crippen MR) is 76.8 cm³/mol. The van der Waals surface area contributed by atoms with Gasteiger partial charge in [-0.15, -0.1) is 0 Å². The molecule has 0 spiro atoms. The first-order valence-electron chi connectivity index (χ1n) is 6.20. The summed E-state index contributed by atoms with van der Waals surface area (Å²) in [4.78, 5) is 14.0. The van der Waals surface area contributed by atoms with Gasteiger partial charge in [0.05, 0.1) is 28.9 Å². The molecule has 104 valence electrons. The average Bonchev–Trinajstić information content (AvgIpc) is 3.18. The highest BCUT2D eigenvalue weighted by atomic mass is 35.5. The van der Waals surface area contributed by atoms with E-state index in [-0.39, 0.29) is 19.1 Å². The fourth-order valence-electron chi connectivity index (χ4n) is 1.94. The molecule has 1 amide bonds. The average molecular weight is 303 g/mol. The Morgan fingerprint density at radius 2 is 2.00 bits per heavy atom. The largest absolute Gasteiger partial charge is 0.395 e. The quantitative estimate of drug-likeness (QED) is 0.848. The predicted octanol–water partition coefficient (Wildman–Crippen LogP) is 2.39.